The molecule has 0 aromatic heterocycles. The summed E-state index contributed by atoms with van der Waals surface area (Å²) < 4.78 is 5.66. The van der Waals surface area contributed by atoms with Crippen molar-refractivity contribution in [2.45, 2.75) is 13.0 Å². The van der Waals surface area contributed by atoms with E-state index < -0.39 is 0 Å². The molecule has 0 fully saturated rings. The highest BCUT2D eigenvalue weighted by molar-refractivity contribution is 6.30. The summed E-state index contributed by atoms with van der Waals surface area (Å²) in [5.41, 5.74) is 2.15. The van der Waals surface area contributed by atoms with Gasteiger partial charge in [0.2, 0.25) is 0 Å². The van der Waals surface area contributed by atoms with E-state index in [1.165, 1.54) is 0 Å². The minimum atomic E-state index is 0.169. The molecule has 0 spiro atoms. The topological polar surface area (TPSA) is 29.5 Å². The Hall–Kier alpha value is -1.51. The summed E-state index contributed by atoms with van der Waals surface area (Å²) >= 11 is 5.90. The predicted octanol–water partition coefficient (Wildman–Crippen LogP) is 3.45. The van der Waals surface area contributed by atoms with Crippen LogP contribution in [0.5, 0.6) is 5.75 Å². The molecule has 0 atom stereocenters. The third kappa shape index (κ3) is 3.76. The summed E-state index contributed by atoms with van der Waals surface area (Å²) in [5, 5.41) is 9.54. The van der Waals surface area contributed by atoms with E-state index in [1.54, 1.807) is 0 Å². The highest BCUT2D eigenvalue weighted by Gasteiger charge is 1.98. The van der Waals surface area contributed by atoms with Gasteiger partial charge in [-0.3, -0.25) is 0 Å². The first kappa shape index (κ1) is 12.9. The third-order valence-corrected chi connectivity index (χ3v) is 2.85. The molecule has 2 rings (SSSR count). The Labute approximate surface area is 112 Å². The Kier molecular flexibility index (Phi) is 4.62. The van der Waals surface area contributed by atoms with E-state index in [0.29, 0.717) is 13.0 Å². The van der Waals surface area contributed by atoms with Crippen LogP contribution in [0.15, 0.2) is 48.5 Å². The molecule has 1 N–H and O–H groups in total. The van der Waals surface area contributed by atoms with Gasteiger partial charge >= 0.3 is 0 Å². The second-order valence-electron chi connectivity index (χ2n) is 4.04. The molecule has 0 heterocycles. The molecule has 2 nitrogen and oxygen atoms in total. The molecule has 0 unspecified atom stereocenters. The van der Waals surface area contributed by atoms with E-state index in [2.05, 4.69) is 0 Å². The molecule has 0 aliphatic rings. The van der Waals surface area contributed by atoms with Crippen molar-refractivity contribution in [3.63, 3.8) is 0 Å². The zero-order chi connectivity index (χ0) is 12.8. The lowest BCUT2D eigenvalue weighted by Crippen LogP contribution is -1.96. The number of halogens is 1. The van der Waals surface area contributed by atoms with Crippen LogP contribution >= 0.6 is 11.6 Å². The van der Waals surface area contributed by atoms with Gasteiger partial charge in [-0.25, -0.2) is 0 Å². The smallest absolute Gasteiger partial charge is 0.119 e. The maximum Gasteiger partial charge on any atom is 0.119 e. The average Bonchev–Trinajstić information content (AvgIpc) is 2.38. The quantitative estimate of drug-likeness (QED) is 0.894. The molecule has 0 saturated carbocycles. The van der Waals surface area contributed by atoms with Crippen LogP contribution < -0.4 is 4.74 Å². The Morgan fingerprint density at radius 3 is 2.44 bits per heavy atom. The van der Waals surface area contributed by atoms with Crippen LogP contribution in [0.4, 0.5) is 0 Å². The van der Waals surface area contributed by atoms with Crippen molar-refractivity contribution >= 4 is 11.6 Å². The van der Waals surface area contributed by atoms with Crippen LogP contribution in [0.1, 0.15) is 11.1 Å². The monoisotopic (exact) mass is 262 g/mol. The van der Waals surface area contributed by atoms with Crippen LogP contribution in [-0.2, 0) is 13.0 Å². The normalized spacial score (nSPS) is 10.3. The largest absolute Gasteiger partial charge is 0.489 e. The first-order valence-corrected chi connectivity index (χ1v) is 6.23. The maximum absolute atomic E-state index is 8.82. The van der Waals surface area contributed by atoms with Crippen molar-refractivity contribution in [2.24, 2.45) is 0 Å². The van der Waals surface area contributed by atoms with Crippen LogP contribution in [0.3, 0.4) is 0 Å². The molecular formula is C15H15ClO2. The van der Waals surface area contributed by atoms with Gasteiger partial charge in [0, 0.05) is 11.6 Å². The number of aliphatic hydroxyl groups excluding tert-OH is 1. The minimum absolute atomic E-state index is 0.169. The van der Waals surface area contributed by atoms with E-state index in [0.717, 1.165) is 21.9 Å². The molecule has 3 heteroatoms. The fourth-order valence-electron chi connectivity index (χ4n) is 1.67. The van der Waals surface area contributed by atoms with Gasteiger partial charge in [0.05, 0.1) is 0 Å². The first-order chi connectivity index (χ1) is 8.78. The SMILES string of the molecule is OCCc1ccc(OCc2cccc(Cl)c2)cc1. The first-order valence-electron chi connectivity index (χ1n) is 5.85. The van der Waals surface area contributed by atoms with Gasteiger partial charge < -0.3 is 9.84 Å². The molecule has 0 aliphatic heterocycles. The number of benzene rings is 2. The van der Waals surface area contributed by atoms with Crippen molar-refractivity contribution in [2.75, 3.05) is 6.61 Å². The van der Waals surface area contributed by atoms with E-state index in [1.807, 2.05) is 48.5 Å². The Morgan fingerprint density at radius 1 is 1.00 bits per heavy atom. The average molecular weight is 263 g/mol. The highest BCUT2D eigenvalue weighted by atomic mass is 35.5. The van der Waals surface area contributed by atoms with Gasteiger partial charge in [0.25, 0.3) is 0 Å². The summed E-state index contributed by atoms with van der Waals surface area (Å²) in [6, 6.07) is 15.4. The van der Waals surface area contributed by atoms with E-state index in [-0.39, 0.29) is 6.61 Å². The summed E-state index contributed by atoms with van der Waals surface area (Å²) in [6.45, 7) is 0.669. The van der Waals surface area contributed by atoms with Crippen molar-refractivity contribution in [3.8, 4) is 5.75 Å². The molecule has 0 saturated heterocycles. The Bertz CT molecular complexity index is 494. The van der Waals surface area contributed by atoms with Crippen molar-refractivity contribution < 1.29 is 9.84 Å². The maximum atomic E-state index is 8.82. The lowest BCUT2D eigenvalue weighted by atomic mass is 10.1. The van der Waals surface area contributed by atoms with Crippen molar-refractivity contribution in [3.05, 3.63) is 64.7 Å². The Morgan fingerprint density at radius 2 is 1.78 bits per heavy atom. The number of rotatable bonds is 5. The molecule has 2 aromatic carbocycles. The number of hydrogen-bond acceptors (Lipinski definition) is 2. The fourth-order valence-corrected chi connectivity index (χ4v) is 1.89. The summed E-state index contributed by atoms with van der Waals surface area (Å²) in [4.78, 5) is 0. The molecule has 0 amide bonds. The van der Waals surface area contributed by atoms with Crippen LogP contribution in [-0.4, -0.2) is 11.7 Å². The molecule has 0 radical (unpaired) electrons. The van der Waals surface area contributed by atoms with Gasteiger partial charge in [0.15, 0.2) is 0 Å². The van der Waals surface area contributed by atoms with Gasteiger partial charge in [-0.05, 0) is 41.8 Å². The zero-order valence-corrected chi connectivity index (χ0v) is 10.7. The lowest BCUT2D eigenvalue weighted by Gasteiger charge is -2.07. The van der Waals surface area contributed by atoms with Gasteiger partial charge in [0.1, 0.15) is 12.4 Å². The molecule has 18 heavy (non-hydrogen) atoms. The van der Waals surface area contributed by atoms with E-state index >= 15 is 0 Å². The second-order valence-corrected chi connectivity index (χ2v) is 4.47. The van der Waals surface area contributed by atoms with E-state index in [9.17, 15) is 0 Å². The fraction of sp³-hybridized carbons (Fsp3) is 0.200. The van der Waals surface area contributed by atoms with Crippen LogP contribution in [0.25, 0.3) is 0 Å². The zero-order valence-electron chi connectivity index (χ0n) is 9.97. The Balaban J connectivity index is 1.93. The lowest BCUT2D eigenvalue weighted by molar-refractivity contribution is 0.298. The molecule has 2 aromatic rings. The van der Waals surface area contributed by atoms with E-state index in [4.69, 9.17) is 21.4 Å². The summed E-state index contributed by atoms with van der Waals surface area (Å²) in [5.74, 6) is 0.816. The number of ether oxygens (including phenoxy) is 1. The minimum Gasteiger partial charge on any atom is -0.489 e. The highest BCUT2D eigenvalue weighted by Crippen LogP contribution is 2.16. The standard InChI is InChI=1S/C15H15ClO2/c16-14-3-1-2-13(10-14)11-18-15-6-4-12(5-7-15)8-9-17/h1-7,10,17H,8-9,11H2. The molecule has 0 aliphatic carbocycles. The third-order valence-electron chi connectivity index (χ3n) is 2.62. The second kappa shape index (κ2) is 6.43. The summed E-state index contributed by atoms with van der Waals surface area (Å²) in [6.07, 6.45) is 0.675. The molecule has 94 valence electrons. The van der Waals surface area contributed by atoms with Gasteiger partial charge in [-0.1, -0.05) is 35.9 Å². The van der Waals surface area contributed by atoms with Crippen LogP contribution in [0, 0.1) is 0 Å². The molecular weight excluding hydrogens is 248 g/mol. The number of aliphatic hydroxyl groups is 1. The number of hydrogen-bond donors (Lipinski definition) is 1. The van der Waals surface area contributed by atoms with Crippen molar-refractivity contribution in [1.82, 2.24) is 0 Å². The molecule has 0 bridgehead atoms. The summed E-state index contributed by atoms with van der Waals surface area (Å²) in [7, 11) is 0. The van der Waals surface area contributed by atoms with Crippen LogP contribution in [0.2, 0.25) is 5.02 Å². The van der Waals surface area contributed by atoms with Crippen molar-refractivity contribution in [1.29, 1.82) is 0 Å². The predicted molar refractivity (Wildman–Crippen MR) is 73.0 cm³/mol. The van der Waals surface area contributed by atoms with Gasteiger partial charge in [-0.15, -0.1) is 0 Å². The van der Waals surface area contributed by atoms with Gasteiger partial charge in [-0.2, -0.15) is 0 Å².